The summed E-state index contributed by atoms with van der Waals surface area (Å²) in [5.74, 6) is 0. The first kappa shape index (κ1) is 15.3. The number of rotatable bonds is 6. The van der Waals surface area contributed by atoms with Crippen molar-refractivity contribution in [1.29, 1.82) is 0 Å². The van der Waals surface area contributed by atoms with Crippen LogP contribution >= 0.6 is 15.8 Å². The Labute approximate surface area is 117 Å². The minimum Gasteiger partial charge on any atom is -0.103 e. The predicted molar refractivity (Wildman–Crippen MR) is 89.1 cm³/mol. The van der Waals surface area contributed by atoms with Crippen LogP contribution in [0, 0.1) is 0 Å². The highest BCUT2D eigenvalue weighted by Crippen LogP contribution is 2.61. The third-order valence-corrected chi connectivity index (χ3v) is 12.9. The lowest BCUT2D eigenvalue weighted by Crippen LogP contribution is -2.09. The normalized spacial score (nSPS) is 40.5. The second-order valence-corrected chi connectivity index (χ2v) is 11.9. The van der Waals surface area contributed by atoms with Gasteiger partial charge in [-0.2, -0.15) is 0 Å². The fraction of sp³-hybridized carbons (Fsp3) is 1.00. The van der Waals surface area contributed by atoms with E-state index in [2.05, 4.69) is 20.8 Å². The van der Waals surface area contributed by atoms with Gasteiger partial charge >= 0.3 is 0 Å². The lowest BCUT2D eigenvalue weighted by molar-refractivity contribution is 0.696. The maximum absolute atomic E-state index is 2.44. The zero-order valence-electron chi connectivity index (χ0n) is 12.7. The molecule has 0 aromatic rings. The van der Waals surface area contributed by atoms with Crippen molar-refractivity contribution in [1.82, 2.24) is 0 Å². The largest absolute Gasteiger partial charge is 0.103 e. The topological polar surface area (TPSA) is 0 Å². The van der Waals surface area contributed by atoms with Gasteiger partial charge in [-0.3, -0.25) is 0 Å². The molecule has 5 atom stereocenters. The van der Waals surface area contributed by atoms with Crippen molar-refractivity contribution >= 4 is 15.8 Å². The SMILES string of the molecule is CCC1CCCP1CCP1C(CC)CC[C@H]1CC. The highest BCUT2D eigenvalue weighted by molar-refractivity contribution is 7.63. The van der Waals surface area contributed by atoms with Gasteiger partial charge in [0, 0.05) is 0 Å². The lowest BCUT2D eigenvalue weighted by Gasteiger charge is -2.27. The molecule has 106 valence electrons. The average Bonchev–Trinajstić information content (AvgIpc) is 3.01. The van der Waals surface area contributed by atoms with Gasteiger partial charge in [-0.1, -0.05) is 20.8 Å². The van der Waals surface area contributed by atoms with Crippen LogP contribution in [-0.4, -0.2) is 35.5 Å². The van der Waals surface area contributed by atoms with Gasteiger partial charge in [-0.25, -0.2) is 0 Å². The van der Waals surface area contributed by atoms with E-state index in [0.717, 1.165) is 17.0 Å². The van der Waals surface area contributed by atoms with Crippen molar-refractivity contribution in [2.24, 2.45) is 0 Å². The Bertz CT molecular complexity index is 229. The Morgan fingerprint density at radius 1 is 0.778 bits per heavy atom. The summed E-state index contributed by atoms with van der Waals surface area (Å²) in [5.41, 5.74) is 3.43. The second kappa shape index (κ2) is 7.59. The molecule has 0 aliphatic carbocycles. The van der Waals surface area contributed by atoms with Gasteiger partial charge in [-0.05, 0) is 80.4 Å². The summed E-state index contributed by atoms with van der Waals surface area (Å²) >= 11 is 0. The van der Waals surface area contributed by atoms with Crippen molar-refractivity contribution in [2.75, 3.05) is 18.5 Å². The van der Waals surface area contributed by atoms with Crippen molar-refractivity contribution < 1.29 is 0 Å². The van der Waals surface area contributed by atoms with Crippen LogP contribution in [0.15, 0.2) is 0 Å². The summed E-state index contributed by atoms with van der Waals surface area (Å²) in [5, 5.41) is 0. The molecule has 0 aromatic heterocycles. The fourth-order valence-corrected chi connectivity index (χ4v) is 11.9. The van der Waals surface area contributed by atoms with Crippen molar-refractivity contribution in [3.63, 3.8) is 0 Å². The van der Waals surface area contributed by atoms with E-state index < -0.39 is 0 Å². The van der Waals surface area contributed by atoms with E-state index in [1.165, 1.54) is 19.3 Å². The van der Waals surface area contributed by atoms with Crippen molar-refractivity contribution in [3.05, 3.63) is 0 Å². The smallest absolute Gasteiger partial charge is 0.0209 e. The van der Waals surface area contributed by atoms with Gasteiger partial charge < -0.3 is 0 Å². The maximum Gasteiger partial charge on any atom is -0.0209 e. The summed E-state index contributed by atoms with van der Waals surface area (Å²) in [6.45, 7) is 7.30. The van der Waals surface area contributed by atoms with Crippen LogP contribution in [0.4, 0.5) is 0 Å². The highest BCUT2D eigenvalue weighted by Gasteiger charge is 2.34. The van der Waals surface area contributed by atoms with E-state index in [0.29, 0.717) is 15.8 Å². The molecule has 4 unspecified atom stereocenters. The van der Waals surface area contributed by atoms with Gasteiger partial charge in [-0.15, -0.1) is 15.8 Å². The molecular weight excluding hydrogens is 254 g/mol. The monoisotopic (exact) mass is 286 g/mol. The minimum absolute atomic E-state index is 0.404. The van der Waals surface area contributed by atoms with Crippen LogP contribution in [0.1, 0.15) is 65.7 Å². The summed E-state index contributed by atoms with van der Waals surface area (Å²) in [4.78, 5) is 0. The van der Waals surface area contributed by atoms with E-state index in [1.54, 1.807) is 44.2 Å². The zero-order chi connectivity index (χ0) is 13.0. The number of hydrogen-bond donors (Lipinski definition) is 0. The third-order valence-electron chi connectivity index (χ3n) is 5.33. The van der Waals surface area contributed by atoms with Crippen LogP contribution in [0.2, 0.25) is 0 Å². The Morgan fingerprint density at radius 3 is 1.94 bits per heavy atom. The van der Waals surface area contributed by atoms with E-state index in [9.17, 15) is 0 Å². The van der Waals surface area contributed by atoms with E-state index in [4.69, 9.17) is 0 Å². The first-order valence-corrected chi connectivity index (χ1v) is 11.7. The number of hydrogen-bond acceptors (Lipinski definition) is 0. The van der Waals surface area contributed by atoms with Gasteiger partial charge in [0.15, 0.2) is 0 Å². The van der Waals surface area contributed by atoms with Crippen LogP contribution in [-0.2, 0) is 0 Å². The Balaban J connectivity index is 1.83. The van der Waals surface area contributed by atoms with Gasteiger partial charge in [0.2, 0.25) is 0 Å². The molecule has 0 amide bonds. The molecule has 0 bridgehead atoms. The first-order chi connectivity index (χ1) is 8.80. The Morgan fingerprint density at radius 2 is 1.39 bits per heavy atom. The molecule has 2 aliphatic heterocycles. The zero-order valence-corrected chi connectivity index (χ0v) is 14.5. The van der Waals surface area contributed by atoms with E-state index >= 15 is 0 Å². The van der Waals surface area contributed by atoms with Crippen molar-refractivity contribution in [3.8, 4) is 0 Å². The molecule has 0 N–H and O–H groups in total. The molecule has 0 spiro atoms. The van der Waals surface area contributed by atoms with Gasteiger partial charge in [0.05, 0.1) is 0 Å². The van der Waals surface area contributed by atoms with E-state index in [1.807, 2.05) is 0 Å². The molecule has 0 saturated carbocycles. The van der Waals surface area contributed by atoms with E-state index in [-0.39, 0.29) is 0 Å². The van der Waals surface area contributed by atoms with Crippen LogP contribution in [0.25, 0.3) is 0 Å². The molecule has 0 radical (unpaired) electrons. The van der Waals surface area contributed by atoms with Crippen LogP contribution < -0.4 is 0 Å². The molecule has 2 fully saturated rings. The molecule has 0 aromatic carbocycles. The molecule has 0 nitrogen and oxygen atoms in total. The maximum atomic E-state index is 2.44. The van der Waals surface area contributed by atoms with Crippen LogP contribution in [0.5, 0.6) is 0 Å². The summed E-state index contributed by atoms with van der Waals surface area (Å²) in [6, 6.07) is 0. The summed E-state index contributed by atoms with van der Waals surface area (Å²) in [6.07, 6.45) is 15.6. The minimum atomic E-state index is 0.404. The molecule has 2 heteroatoms. The van der Waals surface area contributed by atoms with Crippen LogP contribution in [0.3, 0.4) is 0 Å². The molecule has 2 heterocycles. The average molecular weight is 286 g/mol. The first-order valence-electron chi connectivity index (χ1n) is 8.29. The molecule has 18 heavy (non-hydrogen) atoms. The molecule has 2 rings (SSSR count). The predicted octanol–water partition coefficient (Wildman–Crippen LogP) is 5.87. The lowest BCUT2D eigenvalue weighted by atomic mass is 10.1. The van der Waals surface area contributed by atoms with Crippen molar-refractivity contribution in [2.45, 2.75) is 82.7 Å². The van der Waals surface area contributed by atoms with Gasteiger partial charge in [0.25, 0.3) is 0 Å². The Kier molecular flexibility index (Phi) is 6.43. The Hall–Kier alpha value is 0.860. The second-order valence-electron chi connectivity index (χ2n) is 6.18. The molecular formula is C16H32P2. The summed E-state index contributed by atoms with van der Waals surface area (Å²) in [7, 11) is 0.847. The van der Waals surface area contributed by atoms with Gasteiger partial charge in [0.1, 0.15) is 0 Å². The fourth-order valence-electron chi connectivity index (χ4n) is 4.15. The molecule has 2 aliphatic rings. The quantitative estimate of drug-likeness (QED) is 0.535. The summed E-state index contributed by atoms with van der Waals surface area (Å²) < 4.78 is 0. The highest BCUT2D eigenvalue weighted by atomic mass is 31.1. The standard InChI is InChI=1S/C16H32P2/c1-4-14-8-7-11-17(14)12-13-18-15(5-2)9-10-16(18)6-3/h14-16H,4-13H2,1-3H3/t14?,15-,16?,17?,18?/m1/s1. The molecule has 2 saturated heterocycles. The third kappa shape index (κ3) is 3.49.